The van der Waals surface area contributed by atoms with Crippen molar-refractivity contribution in [3.8, 4) is 0 Å². The van der Waals surface area contributed by atoms with Crippen molar-refractivity contribution in [2.45, 2.75) is 6.54 Å². The molecule has 1 aromatic carbocycles. The van der Waals surface area contributed by atoms with Gasteiger partial charge in [0, 0.05) is 11.2 Å². The largest absolute Gasteiger partial charge is 0.348 e. The highest BCUT2D eigenvalue weighted by Gasteiger charge is 2.02. The van der Waals surface area contributed by atoms with Crippen LogP contribution in [-0.2, 0) is 11.3 Å². The summed E-state index contributed by atoms with van der Waals surface area (Å²) in [6, 6.07) is 8.19. The van der Waals surface area contributed by atoms with E-state index in [0.717, 1.165) is 5.56 Å². The van der Waals surface area contributed by atoms with Gasteiger partial charge in [-0.1, -0.05) is 24.8 Å². The van der Waals surface area contributed by atoms with Crippen LogP contribution in [-0.4, -0.2) is 5.91 Å². The molecule has 0 aliphatic heterocycles. The van der Waals surface area contributed by atoms with E-state index < -0.39 is 0 Å². The Bertz CT molecular complexity index is 501. The second-order valence-electron chi connectivity index (χ2n) is 3.18. The van der Waals surface area contributed by atoms with Gasteiger partial charge < -0.3 is 5.32 Å². The van der Waals surface area contributed by atoms with Gasteiger partial charge in [0.2, 0.25) is 5.91 Å². The number of thiophene rings is 1. The quantitative estimate of drug-likeness (QED) is 0.787. The molecule has 2 nitrogen and oxygen atoms in total. The fraction of sp³-hybridized carbons (Fsp3) is 0.0833. The highest BCUT2D eigenvalue weighted by atomic mass is 32.1. The average Bonchev–Trinajstić information content (AvgIpc) is 2.74. The smallest absolute Gasteiger partial charge is 0.243 e. The third-order valence-electron chi connectivity index (χ3n) is 2.20. The number of hydrogen-bond donors (Lipinski definition) is 1. The first-order chi connectivity index (χ1) is 7.31. The van der Waals surface area contributed by atoms with Crippen LogP contribution in [0.3, 0.4) is 0 Å². The second kappa shape index (κ2) is 4.28. The summed E-state index contributed by atoms with van der Waals surface area (Å²) in [4.78, 5) is 11.0. The van der Waals surface area contributed by atoms with Gasteiger partial charge in [-0.25, -0.2) is 0 Å². The van der Waals surface area contributed by atoms with Crippen LogP contribution < -0.4 is 5.32 Å². The van der Waals surface area contributed by atoms with E-state index in [2.05, 4.69) is 29.4 Å². The lowest BCUT2D eigenvalue weighted by Gasteiger charge is -2.03. The van der Waals surface area contributed by atoms with Gasteiger partial charge in [0.1, 0.15) is 0 Å². The number of carbonyl (C=O) groups excluding carboxylic acids is 1. The van der Waals surface area contributed by atoms with Crippen LogP contribution in [0.15, 0.2) is 42.3 Å². The molecule has 1 heterocycles. The molecule has 1 amide bonds. The van der Waals surface area contributed by atoms with Gasteiger partial charge in [-0.3, -0.25) is 4.79 Å². The lowest BCUT2D eigenvalue weighted by atomic mass is 10.1. The van der Waals surface area contributed by atoms with E-state index >= 15 is 0 Å². The molecule has 1 aromatic heterocycles. The maximum atomic E-state index is 11.0. The summed E-state index contributed by atoms with van der Waals surface area (Å²) in [7, 11) is 0. The minimum Gasteiger partial charge on any atom is -0.348 e. The summed E-state index contributed by atoms with van der Waals surface area (Å²) in [6.07, 6.45) is 1.29. The van der Waals surface area contributed by atoms with E-state index in [1.807, 2.05) is 12.1 Å². The number of carbonyl (C=O) groups is 1. The molecule has 15 heavy (non-hydrogen) atoms. The van der Waals surface area contributed by atoms with Gasteiger partial charge in [0.25, 0.3) is 0 Å². The summed E-state index contributed by atoms with van der Waals surface area (Å²) < 4.78 is 1.24. The monoisotopic (exact) mass is 217 g/mol. The molecule has 76 valence electrons. The Balaban J connectivity index is 2.24. The maximum Gasteiger partial charge on any atom is 0.243 e. The fourth-order valence-electron chi connectivity index (χ4n) is 1.45. The molecular formula is C12H11NOS. The van der Waals surface area contributed by atoms with Crippen LogP contribution in [0.5, 0.6) is 0 Å². The molecule has 0 unspecified atom stereocenters. The Labute approximate surface area is 92.2 Å². The van der Waals surface area contributed by atoms with Crippen molar-refractivity contribution in [1.82, 2.24) is 5.32 Å². The Morgan fingerprint density at radius 1 is 1.47 bits per heavy atom. The molecule has 0 atom stereocenters. The van der Waals surface area contributed by atoms with E-state index in [1.165, 1.54) is 16.2 Å². The van der Waals surface area contributed by atoms with Gasteiger partial charge in [0.05, 0.1) is 0 Å². The molecule has 0 bridgehead atoms. The summed E-state index contributed by atoms with van der Waals surface area (Å²) in [5, 5.41) is 6.07. The first-order valence-electron chi connectivity index (χ1n) is 4.66. The summed E-state index contributed by atoms with van der Waals surface area (Å²) in [5.41, 5.74) is 1.15. The Morgan fingerprint density at radius 2 is 2.33 bits per heavy atom. The molecule has 0 spiro atoms. The van der Waals surface area contributed by atoms with Crippen molar-refractivity contribution in [3.63, 3.8) is 0 Å². The van der Waals surface area contributed by atoms with E-state index in [4.69, 9.17) is 0 Å². The van der Waals surface area contributed by atoms with Crippen LogP contribution in [0, 0.1) is 0 Å². The van der Waals surface area contributed by atoms with Crippen molar-refractivity contribution >= 4 is 27.3 Å². The molecule has 0 saturated carbocycles. The Hall–Kier alpha value is -1.61. The van der Waals surface area contributed by atoms with Gasteiger partial charge in [-0.05, 0) is 28.5 Å². The topological polar surface area (TPSA) is 29.1 Å². The van der Waals surface area contributed by atoms with Crippen LogP contribution in [0.2, 0.25) is 0 Å². The third-order valence-corrected chi connectivity index (χ3v) is 3.20. The van der Waals surface area contributed by atoms with E-state index in [-0.39, 0.29) is 5.91 Å². The molecule has 3 heteroatoms. The Morgan fingerprint density at radius 3 is 3.13 bits per heavy atom. The zero-order valence-electron chi connectivity index (χ0n) is 8.19. The number of hydrogen-bond acceptors (Lipinski definition) is 2. The zero-order chi connectivity index (χ0) is 10.7. The van der Waals surface area contributed by atoms with Crippen molar-refractivity contribution in [2.24, 2.45) is 0 Å². The SMILES string of the molecule is C=CC(=O)NCc1cccc2ccsc12. The van der Waals surface area contributed by atoms with Crippen molar-refractivity contribution < 1.29 is 4.79 Å². The lowest BCUT2D eigenvalue weighted by Crippen LogP contribution is -2.19. The predicted octanol–water partition coefficient (Wildman–Crippen LogP) is 2.70. The average molecular weight is 217 g/mol. The minimum atomic E-state index is -0.136. The highest BCUT2D eigenvalue weighted by Crippen LogP contribution is 2.24. The molecule has 0 aliphatic rings. The summed E-state index contributed by atoms with van der Waals surface area (Å²) in [5.74, 6) is -0.136. The number of nitrogens with one attached hydrogen (secondary N) is 1. The number of fused-ring (bicyclic) bond motifs is 1. The molecule has 0 fully saturated rings. The van der Waals surface area contributed by atoms with Crippen molar-refractivity contribution in [1.29, 1.82) is 0 Å². The molecule has 1 N–H and O–H groups in total. The lowest BCUT2D eigenvalue weighted by molar-refractivity contribution is -0.116. The first kappa shape index (κ1) is 9.93. The second-order valence-corrected chi connectivity index (χ2v) is 4.09. The van der Waals surface area contributed by atoms with Crippen LogP contribution in [0.25, 0.3) is 10.1 Å². The van der Waals surface area contributed by atoms with Crippen LogP contribution in [0.1, 0.15) is 5.56 Å². The predicted molar refractivity (Wildman–Crippen MR) is 63.9 cm³/mol. The first-order valence-corrected chi connectivity index (χ1v) is 5.54. The van der Waals surface area contributed by atoms with Gasteiger partial charge in [-0.2, -0.15) is 0 Å². The van der Waals surface area contributed by atoms with Crippen molar-refractivity contribution in [3.05, 3.63) is 47.9 Å². The number of benzene rings is 1. The van der Waals surface area contributed by atoms with Gasteiger partial charge >= 0.3 is 0 Å². The van der Waals surface area contributed by atoms with E-state index in [1.54, 1.807) is 11.3 Å². The molecular weight excluding hydrogens is 206 g/mol. The summed E-state index contributed by atoms with van der Waals surface area (Å²) in [6.45, 7) is 3.97. The summed E-state index contributed by atoms with van der Waals surface area (Å²) >= 11 is 1.70. The number of rotatable bonds is 3. The standard InChI is InChI=1S/C12H11NOS/c1-2-11(14)13-8-10-5-3-4-9-6-7-15-12(9)10/h2-7H,1,8H2,(H,13,14). The third kappa shape index (κ3) is 2.07. The van der Waals surface area contributed by atoms with Crippen LogP contribution >= 0.6 is 11.3 Å². The van der Waals surface area contributed by atoms with E-state index in [0.29, 0.717) is 6.54 Å². The molecule has 0 saturated heterocycles. The minimum absolute atomic E-state index is 0.136. The maximum absolute atomic E-state index is 11.0. The Kier molecular flexibility index (Phi) is 2.83. The van der Waals surface area contributed by atoms with E-state index in [9.17, 15) is 4.79 Å². The highest BCUT2D eigenvalue weighted by molar-refractivity contribution is 7.17. The normalized spacial score (nSPS) is 10.1. The molecule has 2 rings (SSSR count). The molecule has 2 aromatic rings. The van der Waals surface area contributed by atoms with Gasteiger partial charge in [-0.15, -0.1) is 11.3 Å². The zero-order valence-corrected chi connectivity index (χ0v) is 9.01. The molecule has 0 aliphatic carbocycles. The fourth-order valence-corrected chi connectivity index (χ4v) is 2.36. The van der Waals surface area contributed by atoms with Gasteiger partial charge in [0.15, 0.2) is 0 Å². The van der Waals surface area contributed by atoms with Crippen LogP contribution in [0.4, 0.5) is 0 Å². The number of amides is 1. The molecule has 0 radical (unpaired) electrons. The van der Waals surface area contributed by atoms with Crippen molar-refractivity contribution in [2.75, 3.05) is 0 Å².